The number of benzene rings is 4. The Morgan fingerprint density at radius 2 is 1.13 bits per heavy atom. The first kappa shape index (κ1) is 55.6. The molecule has 18 nitrogen and oxygen atoms in total. The lowest BCUT2D eigenvalue weighted by molar-refractivity contribution is -0.141. The van der Waals surface area contributed by atoms with E-state index in [4.69, 9.17) is 5.11 Å². The summed E-state index contributed by atoms with van der Waals surface area (Å²) >= 11 is 0. The predicted molar refractivity (Wildman–Crippen MR) is 259 cm³/mol. The summed E-state index contributed by atoms with van der Waals surface area (Å²) in [5.74, 6) is -7.00. The van der Waals surface area contributed by atoms with E-state index in [1.807, 2.05) is 67.6 Å². The van der Waals surface area contributed by atoms with Crippen molar-refractivity contribution in [3.8, 4) is 0 Å². The van der Waals surface area contributed by atoms with Crippen molar-refractivity contribution in [3.63, 3.8) is 0 Å². The lowest BCUT2D eigenvalue weighted by Gasteiger charge is -2.22. The van der Waals surface area contributed by atoms with Crippen LogP contribution in [0.25, 0.3) is 0 Å². The molecule has 18 heteroatoms. The molecule has 5 atom stereocenters. The number of aryl methyl sites for hydroxylation is 1. The fraction of sp³-hybridized carbons (Fsp3) is 0.358. The van der Waals surface area contributed by atoms with E-state index in [2.05, 4.69) is 31.3 Å². The summed E-state index contributed by atoms with van der Waals surface area (Å²) in [6.07, 6.45) is -2.51. The van der Waals surface area contributed by atoms with Gasteiger partial charge in [0.2, 0.25) is 11.8 Å². The predicted octanol–water partition coefficient (Wildman–Crippen LogP) is 4.45. The molecular formula is C53H61N5O13. The number of amides is 5. The second-order valence-corrected chi connectivity index (χ2v) is 17.1. The summed E-state index contributed by atoms with van der Waals surface area (Å²) < 4.78 is 4.65. The van der Waals surface area contributed by atoms with E-state index < -0.39 is 78.0 Å². The minimum Gasteiger partial charge on any atom is -0.481 e. The number of carbonyl (C=O) groups is 10. The van der Waals surface area contributed by atoms with Gasteiger partial charge in [0.25, 0.3) is 12.4 Å². The zero-order valence-corrected chi connectivity index (χ0v) is 39.5. The lowest BCUT2D eigenvalue weighted by atomic mass is 9.89. The molecule has 0 aliphatic heterocycles. The molecule has 0 saturated carbocycles. The highest BCUT2D eigenvalue weighted by Gasteiger charge is 2.30. The average Bonchev–Trinajstić information content (AvgIpc) is 3.35. The van der Waals surface area contributed by atoms with E-state index in [0.717, 1.165) is 22.3 Å². The molecule has 0 aliphatic rings. The number of ketones is 3. The van der Waals surface area contributed by atoms with Gasteiger partial charge in [-0.1, -0.05) is 109 Å². The topological polar surface area (TPSA) is 281 Å². The Labute approximate surface area is 411 Å². The molecule has 0 heterocycles. The van der Waals surface area contributed by atoms with Crippen LogP contribution in [0.3, 0.4) is 0 Å². The van der Waals surface area contributed by atoms with Crippen molar-refractivity contribution in [1.29, 1.82) is 0 Å². The van der Waals surface area contributed by atoms with Gasteiger partial charge in [-0.05, 0) is 67.9 Å². The normalized spacial score (nSPS) is 12.9. The third-order valence-electron chi connectivity index (χ3n) is 11.4. The maximum Gasteiger partial charge on any atom is 0.326 e. The number of nitrogens with one attached hydrogen (secondary N) is 5. The molecule has 376 valence electrons. The van der Waals surface area contributed by atoms with Crippen LogP contribution in [0.5, 0.6) is 0 Å². The molecular weight excluding hydrogens is 915 g/mol. The summed E-state index contributed by atoms with van der Waals surface area (Å²) in [6.45, 7) is 1.63. The van der Waals surface area contributed by atoms with Gasteiger partial charge in [0, 0.05) is 56.0 Å². The summed E-state index contributed by atoms with van der Waals surface area (Å²) in [5.41, 5.74) is 3.73. The van der Waals surface area contributed by atoms with Crippen molar-refractivity contribution >= 4 is 59.5 Å². The second-order valence-electron chi connectivity index (χ2n) is 17.1. The van der Waals surface area contributed by atoms with Crippen LogP contribution in [-0.2, 0) is 62.4 Å². The van der Waals surface area contributed by atoms with Gasteiger partial charge in [-0.2, -0.15) is 0 Å². The lowest BCUT2D eigenvalue weighted by Crippen LogP contribution is -2.49. The fourth-order valence-electron chi connectivity index (χ4n) is 7.58. The molecule has 0 bridgehead atoms. The third-order valence-corrected chi connectivity index (χ3v) is 11.4. The molecule has 4 rings (SSSR count). The van der Waals surface area contributed by atoms with Crippen molar-refractivity contribution in [2.45, 2.75) is 95.9 Å². The second kappa shape index (κ2) is 29.8. The Hall–Kier alpha value is -8.02. The number of rotatable bonds is 32. The monoisotopic (exact) mass is 975 g/mol. The van der Waals surface area contributed by atoms with Crippen LogP contribution in [0.15, 0.2) is 115 Å². The van der Waals surface area contributed by atoms with E-state index in [9.17, 15) is 53.1 Å². The SMILES string of the molecule is Cc1ccc(C(=O)N[C@@H](Cc2ccccc2)C(=O)C[C@@H](Cc2ccccc2)C(=O)NCC(=O)CCCNC(=O)[C@@H](CC(=O)CC[C@H](NC(=O)N[C@@H](CCC(=O)O)OC=O)C(=O)O)Cc2ccccc2)cc1. The Kier molecular flexibility index (Phi) is 23.3. The number of urea groups is 1. The number of carbonyl (C=O) groups excluding carboxylic acids is 8. The van der Waals surface area contributed by atoms with Crippen molar-refractivity contribution < 1.29 is 62.9 Å². The zero-order chi connectivity index (χ0) is 51.5. The molecule has 4 aromatic rings. The largest absolute Gasteiger partial charge is 0.481 e. The molecule has 0 saturated heterocycles. The van der Waals surface area contributed by atoms with Crippen molar-refractivity contribution in [1.82, 2.24) is 26.6 Å². The van der Waals surface area contributed by atoms with Gasteiger partial charge in [0.05, 0.1) is 19.0 Å². The van der Waals surface area contributed by atoms with E-state index >= 15 is 0 Å². The molecule has 7 N–H and O–H groups in total. The van der Waals surface area contributed by atoms with Crippen LogP contribution in [0, 0.1) is 18.8 Å². The maximum absolute atomic E-state index is 14.1. The summed E-state index contributed by atoms with van der Waals surface area (Å²) in [4.78, 5) is 127. The van der Waals surface area contributed by atoms with Gasteiger partial charge < -0.3 is 41.5 Å². The van der Waals surface area contributed by atoms with Crippen molar-refractivity contribution in [2.75, 3.05) is 13.1 Å². The van der Waals surface area contributed by atoms with Crippen molar-refractivity contribution in [2.24, 2.45) is 11.8 Å². The van der Waals surface area contributed by atoms with E-state index in [0.29, 0.717) is 5.56 Å². The molecule has 0 spiro atoms. The summed E-state index contributed by atoms with van der Waals surface area (Å²) in [7, 11) is 0. The van der Waals surface area contributed by atoms with Crippen LogP contribution in [-0.4, -0.2) is 101 Å². The van der Waals surface area contributed by atoms with Gasteiger partial charge in [-0.3, -0.25) is 38.4 Å². The maximum atomic E-state index is 14.1. The van der Waals surface area contributed by atoms with Crippen LogP contribution >= 0.6 is 0 Å². The number of hydrogen-bond acceptors (Lipinski definition) is 11. The van der Waals surface area contributed by atoms with Gasteiger partial charge in [0.1, 0.15) is 11.8 Å². The van der Waals surface area contributed by atoms with Gasteiger partial charge in [0.15, 0.2) is 17.8 Å². The Bertz CT molecular complexity index is 2420. The minimum absolute atomic E-state index is 0.00269. The number of carboxylic acid groups (broad SMARTS) is 2. The van der Waals surface area contributed by atoms with Crippen LogP contribution in [0.4, 0.5) is 4.79 Å². The smallest absolute Gasteiger partial charge is 0.326 e. The van der Waals surface area contributed by atoms with E-state index in [1.54, 1.807) is 54.6 Å². The number of hydrogen-bond donors (Lipinski definition) is 7. The molecule has 0 radical (unpaired) electrons. The highest BCUT2D eigenvalue weighted by molar-refractivity contribution is 5.99. The number of ether oxygens (including phenoxy) is 1. The first-order valence-electron chi connectivity index (χ1n) is 23.3. The summed E-state index contributed by atoms with van der Waals surface area (Å²) in [6, 6.07) is 30.6. The van der Waals surface area contributed by atoms with E-state index in [-0.39, 0.29) is 95.3 Å². The fourth-order valence-corrected chi connectivity index (χ4v) is 7.58. The Morgan fingerprint density at radius 3 is 1.68 bits per heavy atom. The minimum atomic E-state index is -1.56. The highest BCUT2D eigenvalue weighted by Crippen LogP contribution is 2.19. The molecule has 0 fully saturated rings. The third kappa shape index (κ3) is 21.0. The first-order valence-corrected chi connectivity index (χ1v) is 23.3. The highest BCUT2D eigenvalue weighted by atomic mass is 16.5. The molecule has 0 aromatic heterocycles. The quantitative estimate of drug-likeness (QED) is 0.0203. The summed E-state index contributed by atoms with van der Waals surface area (Å²) in [5, 5.41) is 31.3. The first-order chi connectivity index (χ1) is 34.1. The average molecular weight is 976 g/mol. The van der Waals surface area contributed by atoms with Crippen LogP contribution in [0.1, 0.15) is 84.0 Å². The molecule has 0 unspecified atom stereocenters. The van der Waals surface area contributed by atoms with Crippen LogP contribution < -0.4 is 26.6 Å². The standard InChI is InChI=1S/C53H61N5O13/c1-35-19-21-39(22-20-35)51(67)56-45(30-38-16-9-4-10-17-38)46(62)32-41(29-37-14-7-3-8-15-37)50(66)55-33-43(61)18-11-27-54-49(65)40(28-36-12-5-2-6-13-36)31-42(60)23-24-44(52(68)69)57-53(70)58-47(71-34-59)25-26-48(63)64/h2-10,12-17,19-22,34,40-41,44-45,47H,11,18,23-33H2,1H3,(H,54,65)(H,55,66)(H,56,67)(H,63,64)(H,68,69)(H2,57,58,70)/t40-,41-,44+,45+,47-/m1/s1. The zero-order valence-electron chi connectivity index (χ0n) is 39.5. The number of Topliss-reactive ketones (excluding diaryl/α,β-unsaturated/α-hetero) is 3. The molecule has 0 aliphatic carbocycles. The molecule has 5 amide bonds. The van der Waals surface area contributed by atoms with Crippen LogP contribution in [0.2, 0.25) is 0 Å². The van der Waals surface area contributed by atoms with Gasteiger partial charge in [-0.25, -0.2) is 9.59 Å². The number of carboxylic acids is 2. The van der Waals surface area contributed by atoms with Gasteiger partial charge >= 0.3 is 18.0 Å². The van der Waals surface area contributed by atoms with E-state index in [1.165, 1.54) is 0 Å². The van der Waals surface area contributed by atoms with Gasteiger partial charge in [-0.15, -0.1) is 0 Å². The number of aliphatic carboxylic acids is 2. The van der Waals surface area contributed by atoms with Crippen molar-refractivity contribution in [3.05, 3.63) is 143 Å². The molecule has 71 heavy (non-hydrogen) atoms. The molecule has 4 aromatic carbocycles. The Morgan fingerprint density at radius 1 is 0.577 bits per heavy atom. The Balaban J connectivity index is 1.32.